The number of anilines is 2. The van der Waals surface area contributed by atoms with Gasteiger partial charge in [0.05, 0.1) is 12.8 Å². The molecule has 0 fully saturated rings. The van der Waals surface area contributed by atoms with Crippen LogP contribution in [0.2, 0.25) is 0 Å². The molecule has 0 unspecified atom stereocenters. The summed E-state index contributed by atoms with van der Waals surface area (Å²) in [6.07, 6.45) is 1.59. The molecule has 1 N–H and O–H groups in total. The predicted molar refractivity (Wildman–Crippen MR) is 100 cm³/mol. The van der Waals surface area contributed by atoms with Gasteiger partial charge >= 0.3 is 6.01 Å². The third kappa shape index (κ3) is 3.79. The standard InChI is InChI=1S/C19H18N6O2/c1-3-26-16-10-8-15(9-11-16)21-17-12-20-25(24-17)19-23-22-18(27-19)14-6-4-13(2)5-7-14/h4-12H,3H2,1-2H3,(H,21,24). The third-order valence-corrected chi connectivity index (χ3v) is 3.81. The van der Waals surface area contributed by atoms with Gasteiger partial charge < -0.3 is 14.5 Å². The van der Waals surface area contributed by atoms with Gasteiger partial charge in [0.15, 0.2) is 5.82 Å². The maximum atomic E-state index is 5.67. The Hall–Kier alpha value is -3.68. The zero-order valence-electron chi connectivity index (χ0n) is 15.0. The Balaban J connectivity index is 1.48. The highest BCUT2D eigenvalue weighted by Crippen LogP contribution is 2.21. The Kier molecular flexibility index (Phi) is 4.52. The summed E-state index contributed by atoms with van der Waals surface area (Å²) in [6, 6.07) is 15.6. The van der Waals surface area contributed by atoms with Gasteiger partial charge in [0, 0.05) is 11.3 Å². The molecule has 4 rings (SSSR count). The van der Waals surface area contributed by atoms with Crippen LogP contribution in [0.3, 0.4) is 0 Å². The molecule has 0 amide bonds. The number of hydrogen-bond donors (Lipinski definition) is 1. The van der Waals surface area contributed by atoms with E-state index in [1.54, 1.807) is 6.20 Å². The zero-order valence-corrected chi connectivity index (χ0v) is 15.0. The van der Waals surface area contributed by atoms with E-state index in [2.05, 4.69) is 25.7 Å². The highest BCUT2D eigenvalue weighted by molar-refractivity contribution is 5.56. The second-order valence-electron chi connectivity index (χ2n) is 5.86. The minimum Gasteiger partial charge on any atom is -0.494 e. The van der Waals surface area contributed by atoms with E-state index in [0.717, 1.165) is 22.6 Å². The second-order valence-corrected chi connectivity index (χ2v) is 5.86. The van der Waals surface area contributed by atoms with Crippen molar-refractivity contribution < 1.29 is 9.15 Å². The highest BCUT2D eigenvalue weighted by atomic mass is 16.5. The summed E-state index contributed by atoms with van der Waals surface area (Å²) in [5.41, 5.74) is 2.88. The first-order valence-corrected chi connectivity index (χ1v) is 8.54. The van der Waals surface area contributed by atoms with Crippen LogP contribution >= 0.6 is 0 Å². The normalized spacial score (nSPS) is 10.7. The number of rotatable bonds is 6. The van der Waals surface area contributed by atoms with E-state index in [1.165, 1.54) is 4.80 Å². The topological polar surface area (TPSA) is 90.9 Å². The third-order valence-electron chi connectivity index (χ3n) is 3.81. The van der Waals surface area contributed by atoms with Gasteiger partial charge in [-0.2, -0.15) is 5.10 Å². The van der Waals surface area contributed by atoms with Crippen LogP contribution in [-0.2, 0) is 0 Å². The molecule has 0 saturated heterocycles. The Morgan fingerprint density at radius 3 is 2.56 bits per heavy atom. The minimum absolute atomic E-state index is 0.199. The second kappa shape index (κ2) is 7.28. The average Bonchev–Trinajstić information content (AvgIpc) is 3.34. The van der Waals surface area contributed by atoms with E-state index in [1.807, 2.05) is 62.4 Å². The van der Waals surface area contributed by atoms with Crippen LogP contribution in [0, 0.1) is 6.92 Å². The summed E-state index contributed by atoms with van der Waals surface area (Å²) in [5.74, 6) is 1.80. The molecule has 0 aliphatic rings. The van der Waals surface area contributed by atoms with Gasteiger partial charge in [-0.05, 0) is 50.2 Å². The van der Waals surface area contributed by atoms with Crippen molar-refractivity contribution >= 4 is 11.5 Å². The minimum atomic E-state index is 0.199. The van der Waals surface area contributed by atoms with Gasteiger partial charge in [0.25, 0.3) is 0 Å². The fraction of sp³-hybridized carbons (Fsp3) is 0.158. The number of nitrogens with one attached hydrogen (secondary N) is 1. The van der Waals surface area contributed by atoms with Crippen molar-refractivity contribution in [3.8, 4) is 23.2 Å². The maximum absolute atomic E-state index is 5.67. The van der Waals surface area contributed by atoms with Gasteiger partial charge in [0.1, 0.15) is 5.75 Å². The molecule has 0 saturated carbocycles. The Morgan fingerprint density at radius 2 is 1.81 bits per heavy atom. The molecule has 0 aliphatic carbocycles. The molecule has 4 aromatic rings. The van der Waals surface area contributed by atoms with Crippen molar-refractivity contribution in [2.45, 2.75) is 13.8 Å². The molecular weight excluding hydrogens is 344 g/mol. The lowest BCUT2D eigenvalue weighted by atomic mass is 10.1. The Morgan fingerprint density at radius 1 is 1.04 bits per heavy atom. The number of hydrogen-bond acceptors (Lipinski definition) is 7. The molecule has 0 atom stereocenters. The van der Waals surface area contributed by atoms with Crippen molar-refractivity contribution in [2.24, 2.45) is 0 Å². The molecule has 8 nitrogen and oxygen atoms in total. The van der Waals surface area contributed by atoms with Crippen LogP contribution in [0.25, 0.3) is 17.5 Å². The lowest BCUT2D eigenvalue weighted by Gasteiger charge is -2.05. The van der Waals surface area contributed by atoms with Gasteiger partial charge in [-0.15, -0.1) is 10.2 Å². The zero-order chi connectivity index (χ0) is 18.6. The summed E-state index contributed by atoms with van der Waals surface area (Å²) in [6.45, 7) is 4.61. The first kappa shape index (κ1) is 16.8. The fourth-order valence-corrected chi connectivity index (χ4v) is 2.47. The SMILES string of the molecule is CCOc1ccc(Nc2cnn(-c3nnc(-c4ccc(C)cc4)o3)n2)cc1. The number of benzene rings is 2. The van der Waals surface area contributed by atoms with Crippen molar-refractivity contribution in [3.05, 3.63) is 60.3 Å². The molecule has 8 heteroatoms. The molecule has 27 heavy (non-hydrogen) atoms. The van der Waals surface area contributed by atoms with Crippen LogP contribution in [-0.4, -0.2) is 31.8 Å². The average molecular weight is 362 g/mol. The van der Waals surface area contributed by atoms with Crippen LogP contribution in [0.1, 0.15) is 12.5 Å². The van der Waals surface area contributed by atoms with Gasteiger partial charge in [0.2, 0.25) is 5.89 Å². The molecule has 0 radical (unpaired) electrons. The van der Waals surface area contributed by atoms with Crippen molar-refractivity contribution in [1.82, 2.24) is 25.2 Å². The Labute approximate surface area is 155 Å². The summed E-state index contributed by atoms with van der Waals surface area (Å²) in [7, 11) is 0. The quantitative estimate of drug-likeness (QED) is 0.558. The Bertz CT molecular complexity index is 1020. The van der Waals surface area contributed by atoms with Gasteiger partial charge in [-0.25, -0.2) is 0 Å². The smallest absolute Gasteiger partial charge is 0.361 e. The molecule has 2 aromatic carbocycles. The molecule has 2 heterocycles. The lowest BCUT2D eigenvalue weighted by molar-refractivity contribution is 0.340. The van der Waals surface area contributed by atoms with E-state index >= 15 is 0 Å². The van der Waals surface area contributed by atoms with Gasteiger partial charge in [-0.3, -0.25) is 0 Å². The predicted octanol–water partition coefficient (Wildman–Crippen LogP) is 3.77. The maximum Gasteiger partial charge on any atom is 0.361 e. The molecule has 0 aliphatic heterocycles. The molecule has 0 spiro atoms. The summed E-state index contributed by atoms with van der Waals surface area (Å²) in [4.78, 5) is 1.29. The van der Waals surface area contributed by atoms with E-state index in [9.17, 15) is 0 Å². The van der Waals surface area contributed by atoms with Crippen molar-refractivity contribution in [2.75, 3.05) is 11.9 Å². The first-order valence-electron chi connectivity index (χ1n) is 8.54. The lowest BCUT2D eigenvalue weighted by Crippen LogP contribution is -2.00. The van der Waals surface area contributed by atoms with Crippen molar-refractivity contribution in [1.29, 1.82) is 0 Å². The van der Waals surface area contributed by atoms with Crippen molar-refractivity contribution in [3.63, 3.8) is 0 Å². The van der Waals surface area contributed by atoms with E-state index in [0.29, 0.717) is 18.3 Å². The van der Waals surface area contributed by atoms with Gasteiger partial charge in [-0.1, -0.05) is 27.6 Å². The number of ether oxygens (including phenoxy) is 1. The number of aromatic nitrogens is 5. The van der Waals surface area contributed by atoms with E-state index in [4.69, 9.17) is 9.15 Å². The molecular formula is C19H18N6O2. The van der Waals surface area contributed by atoms with E-state index < -0.39 is 0 Å². The largest absolute Gasteiger partial charge is 0.494 e. The van der Waals surface area contributed by atoms with E-state index in [-0.39, 0.29) is 6.01 Å². The molecule has 0 bridgehead atoms. The summed E-state index contributed by atoms with van der Waals surface area (Å²) >= 11 is 0. The fourth-order valence-electron chi connectivity index (χ4n) is 2.47. The summed E-state index contributed by atoms with van der Waals surface area (Å²) < 4.78 is 11.1. The first-order chi connectivity index (χ1) is 13.2. The number of nitrogens with zero attached hydrogens (tertiary/aromatic N) is 5. The van der Waals surface area contributed by atoms with Crippen LogP contribution in [0.4, 0.5) is 11.5 Å². The van der Waals surface area contributed by atoms with Crippen LogP contribution < -0.4 is 10.1 Å². The van der Waals surface area contributed by atoms with Crippen LogP contribution in [0.15, 0.2) is 59.1 Å². The molecule has 136 valence electrons. The van der Waals surface area contributed by atoms with Crippen LogP contribution in [0.5, 0.6) is 5.75 Å². The molecule has 2 aromatic heterocycles. The monoisotopic (exact) mass is 362 g/mol. The number of aryl methyl sites for hydroxylation is 1. The summed E-state index contributed by atoms with van der Waals surface area (Å²) in [5, 5.41) is 19.7. The highest BCUT2D eigenvalue weighted by Gasteiger charge is 2.12.